The van der Waals surface area contributed by atoms with E-state index in [0.717, 1.165) is 18.6 Å². The minimum absolute atomic E-state index is 0.888. The number of benzene rings is 2. The summed E-state index contributed by atoms with van der Waals surface area (Å²) in [6, 6.07) is 20.9. The number of hydrogen-bond acceptors (Lipinski definition) is 1. The Hall–Kier alpha value is -2.41. The van der Waals surface area contributed by atoms with Gasteiger partial charge < -0.3 is 0 Å². The average molecular weight is 259 g/mol. The zero-order chi connectivity index (χ0) is 13.6. The van der Waals surface area contributed by atoms with Crippen LogP contribution in [0.15, 0.2) is 89.6 Å². The molecule has 1 nitrogen and oxygen atoms in total. The molecular weight excluding hydrogens is 242 g/mol. The molecule has 0 saturated heterocycles. The summed E-state index contributed by atoms with van der Waals surface area (Å²) in [6.45, 7) is 0. The van der Waals surface area contributed by atoms with Gasteiger partial charge in [0.1, 0.15) is 0 Å². The van der Waals surface area contributed by atoms with E-state index < -0.39 is 0 Å². The summed E-state index contributed by atoms with van der Waals surface area (Å²) in [6.07, 6.45) is 8.17. The number of aliphatic imine (C=N–C) groups is 1. The van der Waals surface area contributed by atoms with Crippen LogP contribution in [0.2, 0.25) is 0 Å². The lowest BCUT2D eigenvalue weighted by atomic mass is 10.0. The third-order valence-electron chi connectivity index (χ3n) is 3.43. The molecule has 0 aliphatic carbocycles. The largest absolute Gasteiger partial charge is 0.260 e. The number of hydrogen-bond donors (Lipinski definition) is 0. The second-order valence-electron chi connectivity index (χ2n) is 4.90. The Morgan fingerprint density at radius 2 is 1.55 bits per heavy atom. The molecular formula is C19H17N. The van der Waals surface area contributed by atoms with Crippen LogP contribution in [-0.2, 0) is 6.42 Å². The maximum absolute atomic E-state index is 4.57. The predicted octanol–water partition coefficient (Wildman–Crippen LogP) is 4.56. The Kier molecular flexibility index (Phi) is 3.88. The third-order valence-corrected chi connectivity index (χ3v) is 3.43. The molecule has 1 aliphatic heterocycles. The molecule has 1 heteroatoms. The molecule has 1 aliphatic rings. The molecule has 0 atom stereocenters. The maximum atomic E-state index is 4.57. The smallest absolute Gasteiger partial charge is 0.0513 e. The fourth-order valence-electron chi connectivity index (χ4n) is 2.36. The molecule has 2 aromatic carbocycles. The van der Waals surface area contributed by atoms with E-state index in [4.69, 9.17) is 0 Å². The van der Waals surface area contributed by atoms with Gasteiger partial charge in [0.25, 0.3) is 0 Å². The van der Waals surface area contributed by atoms with Crippen molar-refractivity contribution in [2.75, 3.05) is 0 Å². The van der Waals surface area contributed by atoms with Crippen LogP contribution < -0.4 is 0 Å². The van der Waals surface area contributed by atoms with E-state index in [-0.39, 0.29) is 0 Å². The van der Waals surface area contributed by atoms with Gasteiger partial charge in [-0.05, 0) is 29.2 Å². The van der Waals surface area contributed by atoms with E-state index in [1.165, 1.54) is 16.7 Å². The summed E-state index contributed by atoms with van der Waals surface area (Å²) in [4.78, 5) is 4.57. The fraction of sp³-hybridized carbons (Fsp3) is 0.105. The van der Waals surface area contributed by atoms with E-state index in [0.29, 0.717) is 0 Å². The molecule has 3 rings (SSSR count). The van der Waals surface area contributed by atoms with Gasteiger partial charge in [0.2, 0.25) is 0 Å². The van der Waals surface area contributed by atoms with E-state index in [1.807, 2.05) is 12.3 Å². The Labute approximate surface area is 120 Å². The molecule has 0 amide bonds. The van der Waals surface area contributed by atoms with Gasteiger partial charge in [0.15, 0.2) is 0 Å². The van der Waals surface area contributed by atoms with Crippen molar-refractivity contribution in [3.63, 3.8) is 0 Å². The summed E-state index contributed by atoms with van der Waals surface area (Å²) in [5, 5.41) is 0. The number of nitrogens with zero attached hydrogens (tertiary/aromatic N) is 1. The van der Waals surface area contributed by atoms with Gasteiger partial charge in [-0.2, -0.15) is 0 Å². The second kappa shape index (κ2) is 6.16. The van der Waals surface area contributed by atoms with Crippen LogP contribution in [0.1, 0.15) is 17.5 Å². The van der Waals surface area contributed by atoms with Crippen molar-refractivity contribution in [3.05, 3.63) is 95.7 Å². The SMILES string of the molecule is C1=CC(Cc2ccccc2)=CCC(c2ccccc2)=N1. The molecule has 98 valence electrons. The number of rotatable bonds is 3. The molecule has 0 fully saturated rings. The first-order valence-corrected chi connectivity index (χ1v) is 6.93. The van der Waals surface area contributed by atoms with Crippen LogP contribution in [0, 0.1) is 0 Å². The van der Waals surface area contributed by atoms with E-state index in [1.54, 1.807) is 0 Å². The van der Waals surface area contributed by atoms with Crippen molar-refractivity contribution in [3.8, 4) is 0 Å². The lowest BCUT2D eigenvalue weighted by Crippen LogP contribution is -1.98. The highest BCUT2D eigenvalue weighted by molar-refractivity contribution is 6.02. The van der Waals surface area contributed by atoms with Crippen molar-refractivity contribution in [1.29, 1.82) is 0 Å². The summed E-state index contributed by atoms with van der Waals surface area (Å²) in [5.74, 6) is 0. The summed E-state index contributed by atoms with van der Waals surface area (Å²) in [5.41, 5.74) is 5.00. The van der Waals surface area contributed by atoms with Crippen LogP contribution in [0.25, 0.3) is 0 Å². The molecule has 20 heavy (non-hydrogen) atoms. The van der Waals surface area contributed by atoms with E-state index in [2.05, 4.69) is 71.7 Å². The Balaban J connectivity index is 1.75. The molecule has 1 heterocycles. The lowest BCUT2D eigenvalue weighted by molar-refractivity contribution is 1.18. The van der Waals surface area contributed by atoms with E-state index >= 15 is 0 Å². The molecule has 0 spiro atoms. The van der Waals surface area contributed by atoms with Gasteiger partial charge in [-0.15, -0.1) is 0 Å². The molecule has 2 aromatic rings. The zero-order valence-corrected chi connectivity index (χ0v) is 11.4. The van der Waals surface area contributed by atoms with Crippen molar-refractivity contribution in [2.45, 2.75) is 12.8 Å². The Morgan fingerprint density at radius 3 is 2.30 bits per heavy atom. The predicted molar refractivity (Wildman–Crippen MR) is 85.0 cm³/mol. The van der Waals surface area contributed by atoms with Crippen molar-refractivity contribution >= 4 is 5.71 Å². The first-order valence-electron chi connectivity index (χ1n) is 6.93. The minimum Gasteiger partial charge on any atom is -0.260 e. The summed E-state index contributed by atoms with van der Waals surface area (Å²) >= 11 is 0. The maximum Gasteiger partial charge on any atom is 0.0513 e. The zero-order valence-electron chi connectivity index (χ0n) is 11.4. The molecule has 0 saturated carbocycles. The Morgan fingerprint density at radius 1 is 0.850 bits per heavy atom. The normalized spacial score (nSPS) is 14.4. The van der Waals surface area contributed by atoms with Gasteiger partial charge in [0, 0.05) is 12.6 Å². The molecule has 0 bridgehead atoms. The van der Waals surface area contributed by atoms with Gasteiger partial charge >= 0.3 is 0 Å². The van der Waals surface area contributed by atoms with Crippen LogP contribution in [0.5, 0.6) is 0 Å². The molecule has 0 N–H and O–H groups in total. The standard InChI is InChI=1S/C19H17N/c1-3-7-16(8-4-1)15-17-11-12-19(20-14-13-17)18-9-5-2-6-10-18/h1-11,13-14H,12,15H2. The quantitative estimate of drug-likeness (QED) is 0.766. The first-order chi connectivity index (χ1) is 9.92. The molecule has 0 aromatic heterocycles. The van der Waals surface area contributed by atoms with Gasteiger partial charge in [-0.1, -0.05) is 66.7 Å². The van der Waals surface area contributed by atoms with Crippen LogP contribution >= 0.6 is 0 Å². The third kappa shape index (κ3) is 3.12. The monoisotopic (exact) mass is 259 g/mol. The highest BCUT2D eigenvalue weighted by Crippen LogP contribution is 2.15. The lowest BCUT2D eigenvalue weighted by Gasteiger charge is -2.03. The van der Waals surface area contributed by atoms with Crippen molar-refractivity contribution < 1.29 is 0 Å². The van der Waals surface area contributed by atoms with Gasteiger partial charge in [-0.25, -0.2) is 0 Å². The molecule has 0 unspecified atom stereocenters. The number of allylic oxidation sites excluding steroid dienone is 3. The molecule has 0 radical (unpaired) electrons. The van der Waals surface area contributed by atoms with Gasteiger partial charge in [-0.3, -0.25) is 4.99 Å². The summed E-state index contributed by atoms with van der Waals surface area (Å²) < 4.78 is 0. The topological polar surface area (TPSA) is 12.4 Å². The fourth-order valence-corrected chi connectivity index (χ4v) is 2.36. The second-order valence-corrected chi connectivity index (χ2v) is 4.90. The van der Waals surface area contributed by atoms with Crippen molar-refractivity contribution in [2.24, 2.45) is 4.99 Å². The highest BCUT2D eigenvalue weighted by Gasteiger charge is 2.04. The summed E-state index contributed by atoms with van der Waals surface area (Å²) in [7, 11) is 0. The van der Waals surface area contributed by atoms with Crippen LogP contribution in [0.3, 0.4) is 0 Å². The minimum atomic E-state index is 0.888. The highest BCUT2D eigenvalue weighted by atomic mass is 14.7. The van der Waals surface area contributed by atoms with Gasteiger partial charge in [0.05, 0.1) is 5.71 Å². The van der Waals surface area contributed by atoms with E-state index in [9.17, 15) is 0 Å². The Bertz CT molecular complexity index is 649. The van der Waals surface area contributed by atoms with Crippen molar-refractivity contribution in [1.82, 2.24) is 0 Å². The average Bonchev–Trinajstić information content (AvgIpc) is 2.75. The van der Waals surface area contributed by atoms with Crippen LogP contribution in [-0.4, -0.2) is 5.71 Å². The first kappa shape index (κ1) is 12.6. The van der Waals surface area contributed by atoms with Crippen LogP contribution in [0.4, 0.5) is 0 Å².